The summed E-state index contributed by atoms with van der Waals surface area (Å²) in [6, 6.07) is 9.44. The third kappa shape index (κ3) is 5.87. The molecular weight excluding hydrogens is 408 g/mol. The van der Waals surface area contributed by atoms with Gasteiger partial charge in [0.25, 0.3) is 0 Å². The summed E-state index contributed by atoms with van der Waals surface area (Å²) in [5.41, 5.74) is 1.14. The quantitative estimate of drug-likeness (QED) is 0.496. The van der Waals surface area contributed by atoms with E-state index in [1.54, 1.807) is 19.2 Å². The molecule has 0 saturated carbocycles. The van der Waals surface area contributed by atoms with Crippen LogP contribution in [-0.4, -0.2) is 46.3 Å². The van der Waals surface area contributed by atoms with Gasteiger partial charge in [-0.25, -0.2) is 17.9 Å². The molecule has 164 valence electrons. The minimum absolute atomic E-state index is 0.0291. The number of benzene rings is 2. The lowest BCUT2D eigenvalue weighted by Gasteiger charge is -2.18. The molecule has 1 unspecified atom stereocenters. The zero-order valence-corrected chi connectivity index (χ0v) is 18.4. The summed E-state index contributed by atoms with van der Waals surface area (Å²) in [6.07, 6.45) is 1.21. The summed E-state index contributed by atoms with van der Waals surface area (Å²) in [5.74, 6) is -0.0352. The van der Waals surface area contributed by atoms with E-state index in [0.29, 0.717) is 23.6 Å². The highest BCUT2D eigenvalue weighted by Gasteiger charge is 2.21. The number of ether oxygens (including phenoxy) is 2. The maximum Gasteiger partial charge on any atom is 0.335 e. The highest BCUT2D eigenvalue weighted by atomic mass is 32.2. The second kappa shape index (κ2) is 10.3. The predicted octanol–water partition coefficient (Wildman–Crippen LogP) is 3.13. The minimum Gasteiger partial charge on any atom is -0.493 e. The molecule has 0 spiro atoms. The molecule has 0 bridgehead atoms. The number of carbonyl (C=O) groups is 1. The standard InChI is InChI=1S/C21H28N2O6S/c1-5-14(2)23-17-8-7-16(21(24)25)13-20(17)30(26,27)22-11-10-15-6-9-18(28-3)19(12-15)29-4/h6-9,12-14,22-23H,5,10-11H2,1-4H3,(H,24,25). The lowest BCUT2D eigenvalue weighted by atomic mass is 10.1. The minimum atomic E-state index is -3.93. The van der Waals surface area contributed by atoms with Crippen LogP contribution in [-0.2, 0) is 16.4 Å². The second-order valence-corrected chi connectivity index (χ2v) is 8.54. The smallest absolute Gasteiger partial charge is 0.335 e. The van der Waals surface area contributed by atoms with Gasteiger partial charge in [0.05, 0.1) is 25.5 Å². The number of nitrogens with one attached hydrogen (secondary N) is 2. The number of methoxy groups -OCH3 is 2. The fraction of sp³-hybridized carbons (Fsp3) is 0.381. The van der Waals surface area contributed by atoms with Crippen LogP contribution < -0.4 is 19.5 Å². The first-order valence-electron chi connectivity index (χ1n) is 9.56. The molecule has 0 amide bonds. The molecule has 2 rings (SSSR count). The maximum absolute atomic E-state index is 12.9. The lowest BCUT2D eigenvalue weighted by molar-refractivity contribution is 0.0696. The van der Waals surface area contributed by atoms with E-state index in [2.05, 4.69) is 10.0 Å². The zero-order chi connectivity index (χ0) is 22.3. The van der Waals surface area contributed by atoms with Gasteiger partial charge < -0.3 is 19.9 Å². The fourth-order valence-electron chi connectivity index (χ4n) is 2.81. The molecule has 0 saturated heterocycles. The summed E-state index contributed by atoms with van der Waals surface area (Å²) in [7, 11) is -0.854. The molecule has 2 aromatic carbocycles. The Bertz CT molecular complexity index is 991. The van der Waals surface area contributed by atoms with Gasteiger partial charge in [0.15, 0.2) is 11.5 Å². The number of aromatic carboxylic acids is 1. The number of rotatable bonds is 11. The largest absolute Gasteiger partial charge is 0.493 e. The zero-order valence-electron chi connectivity index (χ0n) is 17.6. The van der Waals surface area contributed by atoms with Gasteiger partial charge in [0, 0.05) is 12.6 Å². The summed E-state index contributed by atoms with van der Waals surface area (Å²) >= 11 is 0. The highest BCUT2D eigenvalue weighted by molar-refractivity contribution is 7.89. The fourth-order valence-corrected chi connectivity index (χ4v) is 4.03. The molecule has 0 radical (unpaired) electrons. The van der Waals surface area contributed by atoms with Crippen LogP contribution in [0.4, 0.5) is 5.69 Å². The van der Waals surface area contributed by atoms with Crippen molar-refractivity contribution in [3.8, 4) is 11.5 Å². The van der Waals surface area contributed by atoms with Crippen molar-refractivity contribution in [3.05, 3.63) is 47.5 Å². The Morgan fingerprint density at radius 1 is 1.10 bits per heavy atom. The van der Waals surface area contributed by atoms with Crippen LogP contribution in [0.2, 0.25) is 0 Å². The topological polar surface area (TPSA) is 114 Å². The van der Waals surface area contributed by atoms with Crippen molar-refractivity contribution in [1.82, 2.24) is 4.72 Å². The van der Waals surface area contributed by atoms with Crippen molar-refractivity contribution in [2.24, 2.45) is 0 Å². The SMILES string of the molecule is CCC(C)Nc1ccc(C(=O)O)cc1S(=O)(=O)NCCc1ccc(OC)c(OC)c1. The van der Waals surface area contributed by atoms with E-state index in [0.717, 1.165) is 12.0 Å². The first-order chi connectivity index (χ1) is 14.2. The summed E-state index contributed by atoms with van der Waals surface area (Å²) < 4.78 is 38.9. The van der Waals surface area contributed by atoms with Crippen molar-refractivity contribution in [1.29, 1.82) is 0 Å². The predicted molar refractivity (Wildman–Crippen MR) is 115 cm³/mol. The van der Waals surface area contributed by atoms with Crippen LogP contribution in [0.5, 0.6) is 11.5 Å². The van der Waals surface area contributed by atoms with E-state index in [4.69, 9.17) is 9.47 Å². The van der Waals surface area contributed by atoms with E-state index < -0.39 is 16.0 Å². The van der Waals surface area contributed by atoms with Crippen molar-refractivity contribution < 1.29 is 27.8 Å². The average Bonchev–Trinajstić information content (AvgIpc) is 2.73. The van der Waals surface area contributed by atoms with Crippen LogP contribution in [0.15, 0.2) is 41.3 Å². The lowest BCUT2D eigenvalue weighted by Crippen LogP contribution is -2.28. The number of anilines is 1. The molecule has 0 heterocycles. The monoisotopic (exact) mass is 436 g/mol. The van der Waals surface area contributed by atoms with Gasteiger partial charge in [-0.05, 0) is 55.7 Å². The molecular formula is C21H28N2O6S. The van der Waals surface area contributed by atoms with Gasteiger partial charge in [-0.15, -0.1) is 0 Å². The first kappa shape index (κ1) is 23.5. The number of carboxylic acid groups (broad SMARTS) is 1. The molecule has 30 heavy (non-hydrogen) atoms. The van der Waals surface area contributed by atoms with Gasteiger partial charge in [-0.3, -0.25) is 0 Å². The van der Waals surface area contributed by atoms with E-state index >= 15 is 0 Å². The van der Waals surface area contributed by atoms with Crippen LogP contribution in [0.1, 0.15) is 36.2 Å². The first-order valence-corrected chi connectivity index (χ1v) is 11.0. The van der Waals surface area contributed by atoms with Gasteiger partial charge >= 0.3 is 5.97 Å². The maximum atomic E-state index is 12.9. The third-order valence-electron chi connectivity index (χ3n) is 4.69. The van der Waals surface area contributed by atoms with Crippen molar-refractivity contribution in [2.45, 2.75) is 37.6 Å². The van der Waals surface area contributed by atoms with Crippen molar-refractivity contribution in [3.63, 3.8) is 0 Å². The third-order valence-corrected chi connectivity index (χ3v) is 6.19. The number of hydrogen-bond donors (Lipinski definition) is 3. The number of sulfonamides is 1. The number of carboxylic acids is 1. The molecule has 0 aliphatic rings. The Hall–Kier alpha value is -2.78. The van der Waals surface area contributed by atoms with Crippen molar-refractivity contribution in [2.75, 3.05) is 26.1 Å². The van der Waals surface area contributed by atoms with Crippen LogP contribution in [0, 0.1) is 0 Å². The Morgan fingerprint density at radius 3 is 2.40 bits per heavy atom. The molecule has 8 nitrogen and oxygen atoms in total. The normalized spacial score (nSPS) is 12.3. The molecule has 2 aromatic rings. The van der Waals surface area contributed by atoms with Crippen LogP contribution >= 0.6 is 0 Å². The molecule has 9 heteroatoms. The van der Waals surface area contributed by atoms with Gasteiger partial charge in [-0.2, -0.15) is 0 Å². The van der Waals surface area contributed by atoms with Gasteiger partial charge in [-0.1, -0.05) is 13.0 Å². The van der Waals surface area contributed by atoms with E-state index in [9.17, 15) is 18.3 Å². The molecule has 0 aromatic heterocycles. The number of hydrogen-bond acceptors (Lipinski definition) is 6. The van der Waals surface area contributed by atoms with Gasteiger partial charge in [0.1, 0.15) is 4.90 Å². The molecule has 1 atom stereocenters. The molecule has 0 aliphatic heterocycles. The Balaban J connectivity index is 2.21. The molecule has 3 N–H and O–H groups in total. The summed E-state index contributed by atoms with van der Waals surface area (Å²) in [6.45, 7) is 4.03. The Kier molecular flexibility index (Phi) is 8.08. The van der Waals surface area contributed by atoms with Gasteiger partial charge in [0.2, 0.25) is 10.0 Å². The Morgan fingerprint density at radius 2 is 1.80 bits per heavy atom. The van der Waals surface area contributed by atoms with E-state index in [1.165, 1.54) is 25.3 Å². The van der Waals surface area contributed by atoms with E-state index in [-0.39, 0.29) is 23.0 Å². The second-order valence-electron chi connectivity index (χ2n) is 6.81. The van der Waals surface area contributed by atoms with Crippen LogP contribution in [0.25, 0.3) is 0 Å². The van der Waals surface area contributed by atoms with Crippen LogP contribution in [0.3, 0.4) is 0 Å². The Labute approximate surface area is 177 Å². The van der Waals surface area contributed by atoms with E-state index in [1.807, 2.05) is 19.9 Å². The highest BCUT2D eigenvalue weighted by Crippen LogP contribution is 2.28. The molecule has 0 aliphatic carbocycles. The van der Waals surface area contributed by atoms with Crippen molar-refractivity contribution >= 4 is 21.7 Å². The molecule has 0 fully saturated rings. The average molecular weight is 437 g/mol. The summed E-state index contributed by atoms with van der Waals surface area (Å²) in [4.78, 5) is 11.2. The summed E-state index contributed by atoms with van der Waals surface area (Å²) in [5, 5.41) is 12.4.